The Bertz CT molecular complexity index is 4530. The first-order chi connectivity index (χ1) is 55.7. The van der Waals surface area contributed by atoms with Gasteiger partial charge in [0, 0.05) is 89.9 Å². The van der Waals surface area contributed by atoms with Gasteiger partial charge < -0.3 is 105 Å². The minimum Gasteiger partial charge on any atom is -0.508 e. The molecule has 2 aliphatic rings. The number of likely N-dealkylation sites (tertiary alicyclic amines) is 1. The van der Waals surface area contributed by atoms with Crippen molar-refractivity contribution in [2.24, 2.45) is 17.4 Å². The Morgan fingerprint density at radius 1 is 0.517 bits per heavy atom. The number of nitrogens with zero attached hydrogens (tertiary/aromatic N) is 1. The van der Waals surface area contributed by atoms with Crippen LogP contribution in [0, 0.1) is 5.92 Å². The van der Waals surface area contributed by atoms with Crippen molar-refractivity contribution in [1.29, 1.82) is 0 Å². The number of likely N-dealkylation sites (N-methyl/N-ethyl adjacent to an activating group) is 1. The average molecular weight is 1660 g/mol. The van der Waals surface area contributed by atoms with Crippen LogP contribution in [0.5, 0.6) is 17.2 Å². The largest absolute Gasteiger partial charge is 0.508 e. The number of rotatable bonds is 44. The number of nitrogens with two attached hydrogens (primary N) is 2. The van der Waals surface area contributed by atoms with E-state index in [1.165, 1.54) is 88.9 Å². The number of aliphatic hydroxyl groups is 1. The van der Waals surface area contributed by atoms with E-state index in [0.717, 1.165) is 31.8 Å². The second kappa shape index (κ2) is 43.6. The van der Waals surface area contributed by atoms with Gasteiger partial charge in [-0.05, 0) is 178 Å². The van der Waals surface area contributed by atoms with Crippen molar-refractivity contribution >= 4 is 124 Å². The topological polar surface area (TPSA) is 496 Å². The highest BCUT2D eigenvalue weighted by atomic mass is 32.2. The van der Waals surface area contributed by atoms with Crippen molar-refractivity contribution < 1.29 is 78.3 Å². The van der Waals surface area contributed by atoms with Crippen LogP contribution in [0.25, 0.3) is 21.8 Å². The van der Waals surface area contributed by atoms with Gasteiger partial charge in [-0.25, -0.2) is 4.79 Å². The number of carboxylic acids is 1. The fourth-order valence-electron chi connectivity index (χ4n) is 14.8. The third kappa shape index (κ3) is 25.1. The molecule has 0 spiro atoms. The van der Waals surface area contributed by atoms with Crippen LogP contribution >= 0.6 is 37.0 Å². The van der Waals surface area contributed by atoms with Crippen molar-refractivity contribution in [3.05, 3.63) is 161 Å². The number of aliphatic hydroxyl groups excluding tert-OH is 1. The molecule has 0 bridgehead atoms. The maximum atomic E-state index is 15.2. The number of carboxylic acid groups (broad SMARTS) is 1. The van der Waals surface area contributed by atoms with Crippen molar-refractivity contribution in [2.45, 2.75) is 176 Å². The molecule has 624 valence electrons. The zero-order valence-corrected chi connectivity index (χ0v) is 67.6. The van der Waals surface area contributed by atoms with E-state index in [1.54, 1.807) is 49.5 Å². The number of phenols is 3. The summed E-state index contributed by atoms with van der Waals surface area (Å²) < 4.78 is 0. The lowest BCUT2D eigenvalue weighted by Gasteiger charge is -2.45. The molecule has 21 N–H and O–H groups in total. The molecular weight excluding hydrogens is 1550 g/mol. The van der Waals surface area contributed by atoms with Crippen LogP contribution in [0.1, 0.15) is 105 Å². The Hall–Kier alpha value is -10.4. The summed E-state index contributed by atoms with van der Waals surface area (Å²) in [6.45, 7) is 4.09. The molecule has 1 fully saturated rings. The van der Waals surface area contributed by atoms with Gasteiger partial charge in [0.1, 0.15) is 71.6 Å². The lowest BCUT2D eigenvalue weighted by Crippen LogP contribution is -2.61. The quantitative estimate of drug-likeness (QED) is 0.0192. The Morgan fingerprint density at radius 3 is 1.42 bits per heavy atom. The molecule has 31 nitrogen and oxygen atoms in total. The van der Waals surface area contributed by atoms with E-state index in [4.69, 9.17) is 11.5 Å². The van der Waals surface area contributed by atoms with Crippen LogP contribution in [-0.2, 0) is 84.8 Å². The summed E-state index contributed by atoms with van der Waals surface area (Å²) in [6, 6.07) is 16.6. The first-order valence-corrected chi connectivity index (χ1v) is 41.4. The van der Waals surface area contributed by atoms with Gasteiger partial charge in [0.05, 0.1) is 11.9 Å². The van der Waals surface area contributed by atoms with E-state index in [-0.39, 0.29) is 92.6 Å². The molecule has 14 atom stereocenters. The summed E-state index contributed by atoms with van der Waals surface area (Å²) in [6.07, 6.45) is 4.94. The first-order valence-electron chi connectivity index (χ1n) is 39.0. The number of carbonyl (C=O) groups is 11. The number of benzene rings is 5. The SMILES string of the molecule is CC[C@H](NC(=O)[C@H](CCCCN)NC(=O)[C@@H](Cc1c[nH]c2ccccc12)NC(=O)[C@H](Cc1ccc(O)cc1)NC(=O)[C@H](CS)NC(=O)[C@@H](Cc1ccc(O)cc1)NC(=O)[C@@H](Cc1ccc(O)cc1)NC(=O)[C@H](CCCCN)NC(=O)CSC[C@@H]1CC2c3cccc4[nH]cc(c34)CC2N(C)C1)C(=O)N[C@@H](CS)C(=O)N[C@H](C(=O)O)[C@@H](C)O. The molecule has 116 heavy (non-hydrogen) atoms. The lowest BCUT2D eigenvalue weighted by molar-refractivity contribution is -0.145. The highest BCUT2D eigenvalue weighted by Gasteiger charge is 2.41. The van der Waals surface area contributed by atoms with E-state index in [0.29, 0.717) is 76.7 Å². The number of aromatic amines is 2. The summed E-state index contributed by atoms with van der Waals surface area (Å²) in [5, 5.41) is 79.2. The summed E-state index contributed by atoms with van der Waals surface area (Å²) in [4.78, 5) is 166. The third-order valence-electron chi connectivity index (χ3n) is 21.1. The van der Waals surface area contributed by atoms with Gasteiger partial charge in [0.2, 0.25) is 59.1 Å². The zero-order chi connectivity index (χ0) is 83.7. The molecule has 1 saturated heterocycles. The van der Waals surface area contributed by atoms with Crippen molar-refractivity contribution in [1.82, 2.24) is 68.0 Å². The van der Waals surface area contributed by atoms with Gasteiger partial charge in [-0.1, -0.05) is 73.7 Å². The molecule has 7 aromatic rings. The number of thiol groups is 2. The minimum atomic E-state index is -1.72. The third-order valence-corrected chi connectivity index (χ3v) is 23.0. The second-order valence-electron chi connectivity index (χ2n) is 29.7. The van der Waals surface area contributed by atoms with Crippen molar-refractivity contribution in [3.8, 4) is 17.2 Å². The Balaban J connectivity index is 0.922. The van der Waals surface area contributed by atoms with Crippen LogP contribution in [0.3, 0.4) is 0 Å². The Morgan fingerprint density at radius 2 is 0.940 bits per heavy atom. The Labute approximate surface area is 687 Å². The van der Waals surface area contributed by atoms with Crippen LogP contribution in [0.4, 0.5) is 0 Å². The van der Waals surface area contributed by atoms with Gasteiger partial charge in [0.25, 0.3) is 0 Å². The van der Waals surface area contributed by atoms with Gasteiger partial charge in [0.15, 0.2) is 6.04 Å². The standard InChI is InChI=1S/C82H107N15O16S3/c1-4-58(73(103)94-68(42-115)81(111)96-72(45(2)98)82(112)113)88-75(105)62(16-8-10-31-84)89-79(109)66(36-50-38-85-59-14-6-5-12-55(50)59)93-77(107)64(34-47-20-26-53(100)27-21-47)92-80(110)67(41-114)95-78(108)65(35-48-22-28-54(101)29-23-48)91-76(106)63(33-46-18-24-52(99)25-19-46)90-74(104)61(15-7-9-30-83)87-70(102)44-116-43-49-32-57-56-13-11-17-60-71(56)51(39-86-60)37-69(57)97(3)40-49/h5-6,11-14,17-29,38-39,45,49,57-58,61-69,72,85-86,98-101,114-115H,4,7-10,15-16,30-37,40-44,83-84H2,1-3H3,(H,87,102)(H,88,105)(H,89,109)(H,90,104)(H,91,106)(H,92,110)(H,93,107)(H,94,103)(H,95,108)(H,96,111)(H,112,113)/t45-,49-,57?,58+,61+,62+,63-,64+,65-,66-,67+,68+,69?,72+/m1/s1. The van der Waals surface area contributed by atoms with Crippen LogP contribution in [0.2, 0.25) is 0 Å². The predicted molar refractivity (Wildman–Crippen MR) is 446 cm³/mol. The molecule has 34 heteroatoms. The number of H-pyrrole nitrogens is 2. The number of aromatic nitrogens is 2. The number of piperidine rings is 1. The average Bonchev–Trinajstić information content (AvgIpc) is 1.51. The molecule has 10 amide bonds. The number of amides is 10. The molecule has 5 aromatic carbocycles. The lowest BCUT2D eigenvalue weighted by atomic mass is 9.73. The molecule has 2 unspecified atom stereocenters. The van der Waals surface area contributed by atoms with Gasteiger partial charge >= 0.3 is 5.97 Å². The number of phenolic OH excluding ortho intramolecular Hbond substituents is 3. The molecule has 0 radical (unpaired) electrons. The molecule has 3 heterocycles. The number of hydrogen-bond acceptors (Lipinski definition) is 21. The summed E-state index contributed by atoms with van der Waals surface area (Å²) in [5.41, 5.74) is 18.1. The predicted octanol–water partition coefficient (Wildman–Crippen LogP) is 2.27. The summed E-state index contributed by atoms with van der Waals surface area (Å²) >= 11 is 10.1. The molecule has 1 aliphatic carbocycles. The van der Waals surface area contributed by atoms with E-state index in [9.17, 15) is 59.1 Å². The number of aliphatic carboxylic acids is 1. The highest BCUT2D eigenvalue weighted by Crippen LogP contribution is 2.45. The number of fused-ring (bicyclic) bond motifs is 3. The highest BCUT2D eigenvalue weighted by molar-refractivity contribution is 7.99. The molecule has 2 aromatic heterocycles. The van der Waals surface area contributed by atoms with E-state index < -0.39 is 137 Å². The molecule has 0 saturated carbocycles. The first kappa shape index (κ1) is 89.6. The normalized spacial score (nSPS) is 17.3. The number of unbranched alkanes of at least 4 members (excludes halogenated alkanes) is 2. The van der Waals surface area contributed by atoms with Crippen LogP contribution in [-0.4, -0.2) is 228 Å². The van der Waals surface area contributed by atoms with Crippen LogP contribution < -0.4 is 64.6 Å². The number of aromatic hydroxyl groups is 3. The second-order valence-corrected chi connectivity index (χ2v) is 31.5. The minimum absolute atomic E-state index is 0.0305. The fraction of sp³-hybridized carbons (Fsp3) is 0.451. The Kier molecular flexibility index (Phi) is 33.6. The maximum Gasteiger partial charge on any atom is 0.328 e. The summed E-state index contributed by atoms with van der Waals surface area (Å²) in [7, 11) is 2.16. The fourth-order valence-corrected chi connectivity index (χ4v) is 16.3. The molecule has 1 aliphatic heterocycles. The monoisotopic (exact) mass is 1650 g/mol. The van der Waals surface area contributed by atoms with E-state index in [1.807, 2.05) is 0 Å². The number of para-hydroxylation sites is 1. The zero-order valence-electron chi connectivity index (χ0n) is 65.0. The van der Waals surface area contributed by atoms with Gasteiger partial charge in [-0.15, -0.1) is 0 Å². The van der Waals surface area contributed by atoms with E-state index in [2.05, 4.69) is 125 Å². The van der Waals surface area contributed by atoms with Crippen molar-refractivity contribution in [3.63, 3.8) is 0 Å². The molecular formula is C82H107N15O16S3. The van der Waals surface area contributed by atoms with Gasteiger partial charge in [-0.3, -0.25) is 47.9 Å². The molecule has 9 rings (SSSR count). The number of thioether (sulfide) groups is 1. The smallest absolute Gasteiger partial charge is 0.328 e. The maximum absolute atomic E-state index is 15.2. The van der Waals surface area contributed by atoms with E-state index >= 15 is 19.2 Å². The summed E-state index contributed by atoms with van der Waals surface area (Å²) in [5.74, 6) is -9.61. The van der Waals surface area contributed by atoms with Crippen LogP contribution in [0.15, 0.2) is 128 Å². The van der Waals surface area contributed by atoms with Crippen molar-refractivity contribution in [2.75, 3.05) is 49.7 Å². The van der Waals surface area contributed by atoms with Gasteiger partial charge in [-0.2, -0.15) is 37.0 Å². The number of carbonyl (C=O) groups excluding carboxylic acids is 10. The number of nitrogens with one attached hydrogen (secondary N) is 12. The number of hydrogen-bond donors (Lipinski definition) is 21.